The first-order valence-corrected chi connectivity index (χ1v) is 7.46. The zero-order valence-corrected chi connectivity index (χ0v) is 13.8. The molecule has 0 radical (unpaired) electrons. The predicted octanol–water partition coefficient (Wildman–Crippen LogP) is 2.39. The Morgan fingerprint density at radius 1 is 1.38 bits per heavy atom. The molecule has 1 unspecified atom stereocenters. The van der Waals surface area contributed by atoms with E-state index >= 15 is 0 Å². The van der Waals surface area contributed by atoms with Crippen molar-refractivity contribution in [3.63, 3.8) is 0 Å². The molecule has 0 saturated heterocycles. The first kappa shape index (κ1) is 17.5. The average Bonchev–Trinajstić information content (AvgIpc) is 2.35. The fraction of sp³-hybridized carbons (Fsp3) is 0.588. The number of rotatable bonds is 5. The van der Waals surface area contributed by atoms with Gasteiger partial charge in [-0.1, -0.05) is 38.5 Å². The molecule has 1 atom stereocenters. The molecule has 1 aromatic rings. The van der Waals surface area contributed by atoms with Crippen molar-refractivity contribution >= 4 is 5.91 Å². The van der Waals surface area contributed by atoms with E-state index < -0.39 is 0 Å². The third-order valence-electron chi connectivity index (χ3n) is 3.38. The second-order valence-corrected chi connectivity index (χ2v) is 6.85. The van der Waals surface area contributed by atoms with E-state index in [1.807, 2.05) is 26.0 Å². The maximum absolute atomic E-state index is 11.8. The molecule has 0 bridgehead atoms. The zero-order chi connectivity index (χ0) is 16.2. The van der Waals surface area contributed by atoms with Crippen LogP contribution in [0.1, 0.15) is 50.8 Å². The molecule has 118 valence electrons. The summed E-state index contributed by atoms with van der Waals surface area (Å²) < 4.78 is 0. The number of phenolic OH excluding ortho intramolecular Hbond substituents is 1. The van der Waals surface area contributed by atoms with Crippen LogP contribution in [0, 0.1) is 6.92 Å². The number of phenols is 1. The molecule has 0 aromatic heterocycles. The van der Waals surface area contributed by atoms with Crippen LogP contribution in [0.4, 0.5) is 0 Å². The Morgan fingerprint density at radius 3 is 2.52 bits per heavy atom. The van der Waals surface area contributed by atoms with Gasteiger partial charge in [0.05, 0.1) is 0 Å². The van der Waals surface area contributed by atoms with Crippen LogP contribution >= 0.6 is 0 Å². The molecule has 0 aliphatic heterocycles. The van der Waals surface area contributed by atoms with Crippen molar-refractivity contribution in [3.8, 4) is 5.75 Å². The van der Waals surface area contributed by atoms with Gasteiger partial charge in [-0.2, -0.15) is 0 Å². The second kappa shape index (κ2) is 6.94. The summed E-state index contributed by atoms with van der Waals surface area (Å²) in [5, 5.41) is 13.2. The minimum atomic E-state index is -0.123. The standard InChI is InChI=1S/C17H28N2O2/c1-11-8-13(6-7-15(20)19-10-12(2)18)16(21)14(9-11)17(3,4)5/h8-9,12,21H,6-7,10,18H2,1-5H3,(H,19,20). The highest BCUT2D eigenvalue weighted by molar-refractivity contribution is 5.76. The molecule has 1 aromatic carbocycles. The van der Waals surface area contributed by atoms with Gasteiger partial charge in [0.1, 0.15) is 5.75 Å². The summed E-state index contributed by atoms with van der Waals surface area (Å²) in [5.41, 5.74) is 8.34. The summed E-state index contributed by atoms with van der Waals surface area (Å²) >= 11 is 0. The maximum Gasteiger partial charge on any atom is 0.220 e. The largest absolute Gasteiger partial charge is 0.507 e. The number of hydrogen-bond acceptors (Lipinski definition) is 3. The van der Waals surface area contributed by atoms with E-state index in [1.165, 1.54) is 0 Å². The van der Waals surface area contributed by atoms with E-state index in [2.05, 4.69) is 26.1 Å². The topological polar surface area (TPSA) is 75.4 Å². The molecule has 0 aliphatic rings. The molecule has 0 saturated carbocycles. The van der Waals surface area contributed by atoms with Crippen molar-refractivity contribution in [2.75, 3.05) is 6.54 Å². The minimum absolute atomic E-state index is 0.0366. The molecule has 4 N–H and O–H groups in total. The Bertz CT molecular complexity index is 502. The van der Waals surface area contributed by atoms with Crippen molar-refractivity contribution in [2.24, 2.45) is 5.73 Å². The molecule has 0 aliphatic carbocycles. The van der Waals surface area contributed by atoms with Crippen LogP contribution in [0.15, 0.2) is 12.1 Å². The highest BCUT2D eigenvalue weighted by atomic mass is 16.3. The normalized spacial score (nSPS) is 13.0. The minimum Gasteiger partial charge on any atom is -0.507 e. The number of nitrogens with two attached hydrogens (primary N) is 1. The lowest BCUT2D eigenvalue weighted by atomic mass is 9.83. The van der Waals surface area contributed by atoms with Crippen molar-refractivity contribution in [3.05, 3.63) is 28.8 Å². The van der Waals surface area contributed by atoms with Gasteiger partial charge in [-0.25, -0.2) is 0 Å². The second-order valence-electron chi connectivity index (χ2n) is 6.85. The molecule has 1 rings (SSSR count). The first-order valence-electron chi connectivity index (χ1n) is 7.46. The molecular weight excluding hydrogens is 264 g/mol. The first-order chi connectivity index (χ1) is 9.61. The average molecular weight is 292 g/mol. The van der Waals surface area contributed by atoms with Crippen molar-refractivity contribution in [1.29, 1.82) is 0 Å². The number of aryl methyl sites for hydroxylation is 2. The number of carbonyl (C=O) groups is 1. The summed E-state index contributed by atoms with van der Waals surface area (Å²) in [7, 11) is 0. The molecule has 0 fully saturated rings. The Hall–Kier alpha value is -1.55. The molecule has 1 amide bonds. The SMILES string of the molecule is Cc1cc(CCC(=O)NCC(C)N)c(O)c(C(C)(C)C)c1. The molecule has 4 heteroatoms. The van der Waals surface area contributed by atoms with Gasteiger partial charge in [0.2, 0.25) is 5.91 Å². The Labute approximate surface area is 127 Å². The van der Waals surface area contributed by atoms with E-state index in [9.17, 15) is 9.90 Å². The fourth-order valence-electron chi connectivity index (χ4n) is 2.23. The number of benzene rings is 1. The summed E-state index contributed by atoms with van der Waals surface area (Å²) in [4.78, 5) is 11.8. The lowest BCUT2D eigenvalue weighted by molar-refractivity contribution is -0.121. The lowest BCUT2D eigenvalue weighted by Gasteiger charge is -2.23. The summed E-state index contributed by atoms with van der Waals surface area (Å²) in [6, 6.07) is 3.91. The molecular formula is C17H28N2O2. The van der Waals surface area contributed by atoms with Gasteiger partial charge in [-0.15, -0.1) is 0 Å². The maximum atomic E-state index is 11.8. The third kappa shape index (κ3) is 5.38. The molecule has 0 heterocycles. The Kier molecular flexibility index (Phi) is 5.78. The van der Waals surface area contributed by atoms with Gasteiger partial charge in [0.25, 0.3) is 0 Å². The fourth-order valence-corrected chi connectivity index (χ4v) is 2.23. The molecule has 21 heavy (non-hydrogen) atoms. The van der Waals surface area contributed by atoms with E-state index in [-0.39, 0.29) is 17.4 Å². The van der Waals surface area contributed by atoms with Crippen LogP contribution in [0.3, 0.4) is 0 Å². The highest BCUT2D eigenvalue weighted by Gasteiger charge is 2.20. The molecule has 0 spiro atoms. The van der Waals surface area contributed by atoms with E-state index in [0.717, 1.165) is 16.7 Å². The van der Waals surface area contributed by atoms with Crippen LogP contribution in [-0.4, -0.2) is 23.6 Å². The number of aromatic hydroxyl groups is 1. The Morgan fingerprint density at radius 2 is 2.00 bits per heavy atom. The van der Waals surface area contributed by atoms with Crippen LogP contribution in [0.2, 0.25) is 0 Å². The predicted molar refractivity (Wildman–Crippen MR) is 86.5 cm³/mol. The summed E-state index contributed by atoms with van der Waals surface area (Å²) in [6.45, 7) is 10.5. The van der Waals surface area contributed by atoms with Gasteiger partial charge in [-0.3, -0.25) is 4.79 Å². The van der Waals surface area contributed by atoms with Gasteiger partial charge in [0, 0.05) is 19.0 Å². The third-order valence-corrected chi connectivity index (χ3v) is 3.38. The van der Waals surface area contributed by atoms with E-state index in [1.54, 1.807) is 0 Å². The number of hydrogen-bond donors (Lipinski definition) is 3. The van der Waals surface area contributed by atoms with Gasteiger partial charge in [-0.05, 0) is 36.8 Å². The van der Waals surface area contributed by atoms with Gasteiger partial charge in [0.15, 0.2) is 0 Å². The summed E-state index contributed by atoms with van der Waals surface area (Å²) in [6.07, 6.45) is 0.884. The number of nitrogens with one attached hydrogen (secondary N) is 1. The van der Waals surface area contributed by atoms with Crippen LogP contribution in [0.25, 0.3) is 0 Å². The van der Waals surface area contributed by atoms with Crippen LogP contribution in [0.5, 0.6) is 5.75 Å². The van der Waals surface area contributed by atoms with Crippen molar-refractivity contribution in [2.45, 2.75) is 58.9 Å². The number of amides is 1. The Balaban J connectivity index is 2.80. The van der Waals surface area contributed by atoms with Crippen molar-refractivity contribution < 1.29 is 9.90 Å². The lowest BCUT2D eigenvalue weighted by Crippen LogP contribution is -2.35. The van der Waals surface area contributed by atoms with Crippen LogP contribution < -0.4 is 11.1 Å². The summed E-state index contributed by atoms with van der Waals surface area (Å²) in [5.74, 6) is 0.276. The smallest absolute Gasteiger partial charge is 0.220 e. The highest BCUT2D eigenvalue weighted by Crippen LogP contribution is 2.34. The van der Waals surface area contributed by atoms with Gasteiger partial charge >= 0.3 is 0 Å². The van der Waals surface area contributed by atoms with Crippen LogP contribution in [-0.2, 0) is 16.6 Å². The quantitative estimate of drug-likeness (QED) is 0.780. The van der Waals surface area contributed by atoms with E-state index in [4.69, 9.17) is 5.73 Å². The number of carbonyl (C=O) groups excluding carboxylic acids is 1. The van der Waals surface area contributed by atoms with Gasteiger partial charge < -0.3 is 16.2 Å². The monoisotopic (exact) mass is 292 g/mol. The van der Waals surface area contributed by atoms with E-state index in [0.29, 0.717) is 25.1 Å². The molecule has 4 nitrogen and oxygen atoms in total. The van der Waals surface area contributed by atoms with Crippen molar-refractivity contribution in [1.82, 2.24) is 5.32 Å². The zero-order valence-electron chi connectivity index (χ0n) is 13.8.